The first kappa shape index (κ1) is 14.5. The van der Waals surface area contributed by atoms with Crippen molar-refractivity contribution in [1.29, 1.82) is 0 Å². The van der Waals surface area contributed by atoms with E-state index in [9.17, 15) is 2.74 Å². The fourth-order valence-corrected chi connectivity index (χ4v) is 6.07. The quantitative estimate of drug-likeness (QED) is 0.196. The van der Waals surface area contributed by atoms with E-state index in [1.165, 1.54) is 0 Å². The van der Waals surface area contributed by atoms with Gasteiger partial charge in [-0.15, -0.1) is 0 Å². The van der Waals surface area contributed by atoms with Crippen LogP contribution in [0.25, 0.3) is 87.6 Å². The summed E-state index contributed by atoms with van der Waals surface area (Å²) < 4.78 is 120. The summed E-state index contributed by atoms with van der Waals surface area (Å²) in [7, 11) is 0. The van der Waals surface area contributed by atoms with Crippen molar-refractivity contribution < 1.29 is 22.2 Å². The monoisotopic (exact) mass is 559 g/mol. The fraction of sp³-hybridized carbons (Fsp3) is 0. The molecule has 43 heavy (non-hydrogen) atoms. The zero-order chi connectivity index (χ0) is 39.6. The van der Waals surface area contributed by atoms with Crippen LogP contribution in [0.1, 0.15) is 17.8 Å². The Bertz CT molecular complexity index is 3110. The highest BCUT2D eigenvalue weighted by atomic mass is 16.3. The number of para-hydroxylation sites is 1. The van der Waals surface area contributed by atoms with Crippen LogP contribution in [0.2, 0.25) is 0 Å². The summed E-state index contributed by atoms with van der Waals surface area (Å²) >= 11 is 0. The maximum absolute atomic E-state index is 9.18. The molecule has 200 valence electrons. The molecule has 9 rings (SSSR count). The molecule has 1 aromatic heterocycles. The highest BCUT2D eigenvalue weighted by molar-refractivity contribution is 6.21. The lowest BCUT2D eigenvalue weighted by molar-refractivity contribution is 0.670. The number of hydrogen-bond acceptors (Lipinski definition) is 1. The number of furan rings is 1. The van der Waals surface area contributed by atoms with Crippen LogP contribution in [0.15, 0.2) is 162 Å². The number of hydrogen-bond donors (Lipinski definition) is 0. The molecule has 0 saturated heterocycles. The zero-order valence-electron chi connectivity index (χ0n) is 35.4. The lowest BCUT2D eigenvalue weighted by Crippen LogP contribution is -1.90. The first-order chi connectivity index (χ1) is 26.7. The Kier molecular flexibility index (Phi) is 3.18. The molecular formula is C42H26O. The van der Waals surface area contributed by atoms with Gasteiger partial charge < -0.3 is 4.42 Å². The standard InChI is InChI=1S/C42H26O/c1-2-11-28(12-3-1)40-33-15-6-8-17-35(33)41(36-18-9-7-16-34(36)40)29-23-21-27(22-24-29)32-19-10-20-37-38-25-30-13-4-5-14-31(30)26-39(38)43-42(32)37/h1-26H/i1D,2D,3D,6D,7D,8D,9D,11D,12D,15D,16D,17D,18D. The Balaban J connectivity index is 1.39. The molecule has 0 fully saturated rings. The van der Waals surface area contributed by atoms with Crippen molar-refractivity contribution in [3.8, 4) is 33.4 Å². The van der Waals surface area contributed by atoms with Crippen LogP contribution in [-0.4, -0.2) is 0 Å². The van der Waals surface area contributed by atoms with E-state index in [0.717, 1.165) is 38.3 Å². The van der Waals surface area contributed by atoms with Crippen LogP contribution in [0.5, 0.6) is 0 Å². The van der Waals surface area contributed by atoms with Gasteiger partial charge in [0.05, 0.1) is 17.8 Å². The maximum Gasteiger partial charge on any atom is 0.143 e. The van der Waals surface area contributed by atoms with E-state index in [0.29, 0.717) is 11.1 Å². The minimum atomic E-state index is -0.712. The predicted octanol–water partition coefficient (Wildman–Crippen LogP) is 12.0. The Labute approximate surface area is 267 Å². The molecule has 8 aromatic carbocycles. The molecule has 1 heteroatoms. The van der Waals surface area contributed by atoms with Gasteiger partial charge in [0.1, 0.15) is 11.2 Å². The first-order valence-electron chi connectivity index (χ1n) is 20.2. The molecule has 1 nitrogen and oxygen atoms in total. The third-order valence-electron chi connectivity index (χ3n) is 7.97. The Morgan fingerprint density at radius 2 is 0.977 bits per heavy atom. The number of fused-ring (bicyclic) bond motifs is 6. The molecule has 0 spiro atoms. The molecule has 0 atom stereocenters. The first-order valence-corrected chi connectivity index (χ1v) is 13.7. The van der Waals surface area contributed by atoms with Gasteiger partial charge in [-0.2, -0.15) is 0 Å². The average Bonchev–Trinajstić information content (AvgIpc) is 3.58. The lowest BCUT2D eigenvalue weighted by Gasteiger charge is -2.18. The van der Waals surface area contributed by atoms with Crippen molar-refractivity contribution >= 4 is 54.3 Å². The Morgan fingerprint density at radius 1 is 0.419 bits per heavy atom. The van der Waals surface area contributed by atoms with Crippen LogP contribution in [0.4, 0.5) is 0 Å². The molecule has 0 saturated carbocycles. The van der Waals surface area contributed by atoms with Gasteiger partial charge in [0.15, 0.2) is 0 Å². The second-order valence-corrected chi connectivity index (χ2v) is 10.3. The van der Waals surface area contributed by atoms with E-state index in [1.54, 1.807) is 24.3 Å². The normalized spacial score (nSPS) is 16.0. The predicted molar refractivity (Wildman–Crippen MR) is 183 cm³/mol. The van der Waals surface area contributed by atoms with Gasteiger partial charge in [0, 0.05) is 16.3 Å². The van der Waals surface area contributed by atoms with Crippen molar-refractivity contribution in [3.05, 3.63) is 157 Å². The average molecular weight is 560 g/mol. The number of rotatable bonds is 3. The molecule has 0 amide bonds. The Hall–Kier alpha value is -5.66. The SMILES string of the molecule is [2H]c1c([2H])c([2H])c(-c2c3c([2H])c([2H])c([2H])c([2H])c3c(-c3ccc(-c4cccc5c4oc4cc6ccccc6cc45)cc3)c3c([2H])c([2H])c([2H])c([2H])c23)c([2H])c1[2H]. The topological polar surface area (TPSA) is 13.1 Å². The van der Waals surface area contributed by atoms with Gasteiger partial charge in [-0.05, 0) is 72.3 Å². The molecule has 1 heterocycles. The van der Waals surface area contributed by atoms with Gasteiger partial charge in [-0.3, -0.25) is 0 Å². The summed E-state index contributed by atoms with van der Waals surface area (Å²) in [6.45, 7) is 0. The highest BCUT2D eigenvalue weighted by Gasteiger charge is 2.17. The van der Waals surface area contributed by atoms with Crippen molar-refractivity contribution in [2.75, 3.05) is 0 Å². The molecule has 0 aliphatic carbocycles. The summed E-state index contributed by atoms with van der Waals surface area (Å²) in [6, 6.07) is 16.7. The summed E-state index contributed by atoms with van der Waals surface area (Å²) in [5.41, 5.74) is 2.58. The second kappa shape index (κ2) is 9.44. The third-order valence-corrected chi connectivity index (χ3v) is 7.97. The van der Waals surface area contributed by atoms with Gasteiger partial charge in [-0.1, -0.05) is 145 Å². The molecule has 0 aliphatic heterocycles. The lowest BCUT2D eigenvalue weighted by atomic mass is 9.85. The van der Waals surface area contributed by atoms with Crippen molar-refractivity contribution in [1.82, 2.24) is 0 Å². The van der Waals surface area contributed by atoms with Gasteiger partial charge in [0.25, 0.3) is 0 Å². The second-order valence-electron chi connectivity index (χ2n) is 10.3. The van der Waals surface area contributed by atoms with E-state index in [-0.39, 0.29) is 32.7 Å². The van der Waals surface area contributed by atoms with Crippen molar-refractivity contribution in [2.24, 2.45) is 0 Å². The van der Waals surface area contributed by atoms with Crippen LogP contribution >= 0.6 is 0 Å². The smallest absolute Gasteiger partial charge is 0.143 e. The molecule has 9 aromatic rings. The fourth-order valence-electron chi connectivity index (χ4n) is 6.07. The van der Waals surface area contributed by atoms with Gasteiger partial charge in [-0.25, -0.2) is 0 Å². The van der Waals surface area contributed by atoms with Crippen LogP contribution in [0, 0.1) is 0 Å². The van der Waals surface area contributed by atoms with Crippen molar-refractivity contribution in [3.63, 3.8) is 0 Å². The van der Waals surface area contributed by atoms with Crippen LogP contribution in [-0.2, 0) is 0 Å². The molecule has 0 radical (unpaired) electrons. The van der Waals surface area contributed by atoms with E-state index in [2.05, 4.69) is 6.07 Å². The minimum absolute atomic E-state index is 0.0744. The summed E-state index contributed by atoms with van der Waals surface area (Å²) in [6.07, 6.45) is 0. The Morgan fingerprint density at radius 3 is 1.63 bits per heavy atom. The summed E-state index contributed by atoms with van der Waals surface area (Å²) in [4.78, 5) is 0. The number of benzene rings is 8. The zero-order valence-corrected chi connectivity index (χ0v) is 22.4. The summed E-state index contributed by atoms with van der Waals surface area (Å²) in [5, 5.41) is 3.24. The summed E-state index contributed by atoms with van der Waals surface area (Å²) in [5.74, 6) is 0. The molecule has 0 N–H and O–H groups in total. The van der Waals surface area contributed by atoms with Gasteiger partial charge in [0.2, 0.25) is 0 Å². The van der Waals surface area contributed by atoms with Gasteiger partial charge >= 0.3 is 0 Å². The largest absolute Gasteiger partial charge is 0.455 e. The van der Waals surface area contributed by atoms with E-state index < -0.39 is 84.1 Å². The van der Waals surface area contributed by atoms with E-state index in [1.807, 2.05) is 48.5 Å². The van der Waals surface area contributed by atoms with Crippen LogP contribution in [0.3, 0.4) is 0 Å². The third kappa shape index (κ3) is 3.72. The minimum Gasteiger partial charge on any atom is -0.455 e. The molecular weight excluding hydrogens is 520 g/mol. The van der Waals surface area contributed by atoms with E-state index >= 15 is 0 Å². The maximum atomic E-state index is 9.18. The molecule has 0 unspecified atom stereocenters. The molecule has 0 aliphatic rings. The highest BCUT2D eigenvalue weighted by Crippen LogP contribution is 2.44. The van der Waals surface area contributed by atoms with E-state index in [4.69, 9.17) is 19.5 Å². The van der Waals surface area contributed by atoms with Crippen molar-refractivity contribution in [2.45, 2.75) is 0 Å². The van der Waals surface area contributed by atoms with Crippen LogP contribution < -0.4 is 0 Å². The molecule has 0 bridgehead atoms.